The summed E-state index contributed by atoms with van der Waals surface area (Å²) < 4.78 is 38.1. The molecule has 1 aliphatic heterocycles. The fraction of sp³-hybridized carbons (Fsp3) is 0.500. The number of anilines is 1. The second-order valence-corrected chi connectivity index (χ2v) is 5.39. The Bertz CT molecular complexity index is 557. The van der Waals surface area contributed by atoms with Gasteiger partial charge in [0.1, 0.15) is 11.0 Å². The zero-order valence-electron chi connectivity index (χ0n) is 11.0. The van der Waals surface area contributed by atoms with Gasteiger partial charge in [-0.05, 0) is 6.07 Å². The van der Waals surface area contributed by atoms with Crippen molar-refractivity contribution in [3.05, 3.63) is 21.8 Å². The van der Waals surface area contributed by atoms with Crippen molar-refractivity contribution in [3.63, 3.8) is 0 Å². The summed E-state index contributed by atoms with van der Waals surface area (Å²) in [7, 11) is 0. The number of piperazine rings is 1. The lowest BCUT2D eigenvalue weighted by molar-refractivity contribution is -0.137. The first-order valence-electron chi connectivity index (χ1n) is 6.14. The summed E-state index contributed by atoms with van der Waals surface area (Å²) in [5, 5.41) is -0.737. The molecule has 116 valence electrons. The molecule has 0 bridgehead atoms. The maximum absolute atomic E-state index is 12.7. The van der Waals surface area contributed by atoms with Crippen molar-refractivity contribution in [3.8, 4) is 0 Å². The standard InChI is InChI=1S/C12H12Cl2F3N3O/c1-7(21)19-2-4-20(5-3-19)11-9(13)6-8(10(14)18-11)12(15,16)17/h6H,2-5H2,1H3. The zero-order valence-corrected chi connectivity index (χ0v) is 12.6. The molecule has 1 aromatic heterocycles. The highest BCUT2D eigenvalue weighted by Crippen LogP contribution is 2.38. The summed E-state index contributed by atoms with van der Waals surface area (Å²) in [5.74, 6) is 0.164. The highest BCUT2D eigenvalue weighted by Gasteiger charge is 2.35. The number of nitrogens with zero attached hydrogens (tertiary/aromatic N) is 3. The van der Waals surface area contributed by atoms with Gasteiger partial charge in [0.2, 0.25) is 5.91 Å². The third-order valence-electron chi connectivity index (χ3n) is 3.24. The molecule has 4 nitrogen and oxygen atoms in total. The van der Waals surface area contributed by atoms with E-state index in [0.717, 1.165) is 6.07 Å². The minimum atomic E-state index is -4.60. The van der Waals surface area contributed by atoms with Gasteiger partial charge < -0.3 is 9.80 Å². The Balaban J connectivity index is 2.23. The molecule has 1 fully saturated rings. The Morgan fingerprint density at radius 2 is 1.81 bits per heavy atom. The van der Waals surface area contributed by atoms with Crippen LogP contribution < -0.4 is 4.90 Å². The quantitative estimate of drug-likeness (QED) is 0.736. The van der Waals surface area contributed by atoms with Crippen LogP contribution in [0.2, 0.25) is 10.2 Å². The zero-order chi connectivity index (χ0) is 15.8. The summed E-state index contributed by atoms with van der Waals surface area (Å²) in [5.41, 5.74) is -1.06. The lowest BCUT2D eigenvalue weighted by Crippen LogP contribution is -2.48. The number of alkyl halides is 3. The monoisotopic (exact) mass is 341 g/mol. The molecular weight excluding hydrogens is 330 g/mol. The topological polar surface area (TPSA) is 36.4 Å². The first kappa shape index (κ1) is 16.2. The molecule has 21 heavy (non-hydrogen) atoms. The van der Waals surface area contributed by atoms with Crippen molar-refractivity contribution in [2.75, 3.05) is 31.1 Å². The molecule has 0 aliphatic carbocycles. The molecule has 1 saturated heterocycles. The molecule has 0 aromatic carbocycles. The minimum Gasteiger partial charge on any atom is -0.352 e. The van der Waals surface area contributed by atoms with Crippen LogP contribution in [0.3, 0.4) is 0 Å². The second kappa shape index (κ2) is 5.88. The predicted octanol–water partition coefficient (Wildman–Crippen LogP) is 3.08. The average Bonchev–Trinajstić information content (AvgIpc) is 2.40. The van der Waals surface area contributed by atoms with Crippen LogP contribution in [0.4, 0.5) is 19.0 Å². The fourth-order valence-electron chi connectivity index (χ4n) is 2.11. The van der Waals surface area contributed by atoms with Crippen molar-refractivity contribution < 1.29 is 18.0 Å². The second-order valence-electron chi connectivity index (χ2n) is 4.62. The van der Waals surface area contributed by atoms with Gasteiger partial charge in [0.15, 0.2) is 0 Å². The van der Waals surface area contributed by atoms with Crippen LogP contribution in [0.25, 0.3) is 0 Å². The third kappa shape index (κ3) is 3.52. The van der Waals surface area contributed by atoms with Crippen LogP contribution in [0.15, 0.2) is 6.07 Å². The molecule has 2 heterocycles. The maximum Gasteiger partial charge on any atom is 0.419 e. The molecule has 0 unspecified atom stereocenters. The number of carbonyl (C=O) groups is 1. The van der Waals surface area contributed by atoms with Crippen LogP contribution in [-0.2, 0) is 11.0 Å². The van der Waals surface area contributed by atoms with E-state index in [2.05, 4.69) is 4.98 Å². The molecule has 0 spiro atoms. The van der Waals surface area contributed by atoms with Gasteiger partial charge in [-0.2, -0.15) is 13.2 Å². The number of amides is 1. The van der Waals surface area contributed by atoms with E-state index in [4.69, 9.17) is 23.2 Å². The molecule has 1 aliphatic rings. The van der Waals surface area contributed by atoms with Gasteiger partial charge in [-0.25, -0.2) is 4.98 Å². The largest absolute Gasteiger partial charge is 0.419 e. The van der Waals surface area contributed by atoms with E-state index in [0.29, 0.717) is 26.2 Å². The molecule has 0 atom stereocenters. The molecule has 0 radical (unpaired) electrons. The number of hydrogen-bond acceptors (Lipinski definition) is 3. The number of rotatable bonds is 1. The molecule has 0 saturated carbocycles. The number of aromatic nitrogens is 1. The van der Waals surface area contributed by atoms with Crippen LogP contribution in [0, 0.1) is 0 Å². The van der Waals surface area contributed by atoms with E-state index in [-0.39, 0.29) is 16.7 Å². The highest BCUT2D eigenvalue weighted by atomic mass is 35.5. The first-order chi connectivity index (χ1) is 9.70. The van der Waals surface area contributed by atoms with Crippen molar-refractivity contribution in [1.82, 2.24) is 9.88 Å². The third-order valence-corrected chi connectivity index (χ3v) is 3.81. The van der Waals surface area contributed by atoms with E-state index in [9.17, 15) is 18.0 Å². The van der Waals surface area contributed by atoms with Gasteiger partial charge in [0.25, 0.3) is 0 Å². The molecule has 9 heteroatoms. The Hall–Kier alpha value is -1.21. The van der Waals surface area contributed by atoms with Crippen LogP contribution in [-0.4, -0.2) is 42.0 Å². The smallest absolute Gasteiger partial charge is 0.352 e. The molecule has 1 amide bonds. The lowest BCUT2D eigenvalue weighted by Gasteiger charge is -2.35. The van der Waals surface area contributed by atoms with Gasteiger partial charge >= 0.3 is 6.18 Å². The fourth-order valence-corrected chi connectivity index (χ4v) is 2.62. The van der Waals surface area contributed by atoms with Crippen molar-refractivity contribution in [1.29, 1.82) is 0 Å². The first-order valence-corrected chi connectivity index (χ1v) is 6.89. The minimum absolute atomic E-state index is 0.0424. The van der Waals surface area contributed by atoms with E-state index in [1.54, 1.807) is 9.80 Å². The van der Waals surface area contributed by atoms with E-state index >= 15 is 0 Å². The van der Waals surface area contributed by atoms with E-state index in [1.807, 2.05) is 0 Å². The van der Waals surface area contributed by atoms with Gasteiger partial charge in [-0.1, -0.05) is 23.2 Å². The summed E-state index contributed by atoms with van der Waals surface area (Å²) in [6, 6.07) is 0.781. The van der Waals surface area contributed by atoms with E-state index < -0.39 is 16.9 Å². The van der Waals surface area contributed by atoms with Gasteiger partial charge in [0, 0.05) is 33.1 Å². The molecule has 2 rings (SSSR count). The van der Waals surface area contributed by atoms with E-state index in [1.165, 1.54) is 6.92 Å². The van der Waals surface area contributed by atoms with Crippen molar-refractivity contribution in [2.45, 2.75) is 13.1 Å². The Morgan fingerprint density at radius 3 is 2.29 bits per heavy atom. The molecule has 0 N–H and O–H groups in total. The summed E-state index contributed by atoms with van der Waals surface area (Å²) in [6.45, 7) is 3.27. The Kier molecular flexibility index (Phi) is 4.53. The van der Waals surface area contributed by atoms with Gasteiger partial charge in [0.05, 0.1) is 10.6 Å². The number of hydrogen-bond donors (Lipinski definition) is 0. The lowest BCUT2D eigenvalue weighted by atomic mass is 10.2. The van der Waals surface area contributed by atoms with Crippen LogP contribution in [0.1, 0.15) is 12.5 Å². The summed E-state index contributed by atoms with van der Waals surface area (Å²) in [6.07, 6.45) is -4.60. The average molecular weight is 342 g/mol. The van der Waals surface area contributed by atoms with Gasteiger partial charge in [-0.3, -0.25) is 4.79 Å². The predicted molar refractivity (Wildman–Crippen MR) is 73.7 cm³/mol. The number of pyridine rings is 1. The summed E-state index contributed by atoms with van der Waals surface area (Å²) in [4.78, 5) is 18.4. The maximum atomic E-state index is 12.7. The highest BCUT2D eigenvalue weighted by molar-refractivity contribution is 6.34. The molecule has 1 aromatic rings. The van der Waals surface area contributed by atoms with Crippen LogP contribution in [0.5, 0.6) is 0 Å². The normalized spacial score (nSPS) is 16.3. The van der Waals surface area contributed by atoms with Crippen molar-refractivity contribution in [2.24, 2.45) is 0 Å². The summed E-state index contributed by atoms with van der Waals surface area (Å²) >= 11 is 11.5. The van der Waals surface area contributed by atoms with Crippen LogP contribution >= 0.6 is 23.2 Å². The van der Waals surface area contributed by atoms with Crippen molar-refractivity contribution >= 4 is 34.9 Å². The SMILES string of the molecule is CC(=O)N1CCN(c2nc(Cl)c(C(F)(F)F)cc2Cl)CC1. The number of halogens is 5. The Morgan fingerprint density at radius 1 is 1.24 bits per heavy atom. The van der Waals surface area contributed by atoms with Gasteiger partial charge in [-0.15, -0.1) is 0 Å². The number of carbonyl (C=O) groups excluding carboxylic acids is 1. The Labute approximate surface area is 129 Å². The molecular formula is C12H12Cl2F3N3O.